The number of methoxy groups -OCH3 is 1. The molecule has 7 nitrogen and oxygen atoms in total. The Labute approximate surface area is 200 Å². The van der Waals surface area contributed by atoms with E-state index >= 15 is 0 Å². The molecule has 172 valence electrons. The lowest BCUT2D eigenvalue weighted by Crippen LogP contribution is -2.30. The number of aromatic amines is 1. The number of fused-ring (bicyclic) bond motifs is 1. The molecule has 4 aromatic rings. The number of aryl methyl sites for hydroxylation is 2. The number of para-hydroxylation sites is 2. The first-order chi connectivity index (χ1) is 16.4. The average molecular weight is 474 g/mol. The Morgan fingerprint density at radius 1 is 1.18 bits per heavy atom. The van der Waals surface area contributed by atoms with Crippen LogP contribution in [0.5, 0.6) is 5.75 Å². The molecule has 1 aliphatic rings. The van der Waals surface area contributed by atoms with Crippen molar-refractivity contribution in [3.05, 3.63) is 92.8 Å². The number of H-pyrrole nitrogens is 1. The van der Waals surface area contributed by atoms with Crippen LogP contribution in [0, 0.1) is 13.8 Å². The second kappa shape index (κ2) is 8.46. The Kier molecular flexibility index (Phi) is 5.45. The summed E-state index contributed by atoms with van der Waals surface area (Å²) in [7, 11) is 1.57. The minimum Gasteiger partial charge on any atom is -0.503 e. The maximum Gasteiger partial charge on any atom is 0.290 e. The summed E-state index contributed by atoms with van der Waals surface area (Å²) in [5.74, 6) is -0.878. The third-order valence-electron chi connectivity index (χ3n) is 6.11. The fraction of sp³-hybridized carbons (Fsp3) is 0.192. The van der Waals surface area contributed by atoms with Crippen molar-refractivity contribution in [2.24, 2.45) is 0 Å². The molecule has 1 aliphatic heterocycles. The fourth-order valence-corrected chi connectivity index (χ4v) is 5.45. The van der Waals surface area contributed by atoms with Crippen molar-refractivity contribution in [3.63, 3.8) is 0 Å². The highest BCUT2D eigenvalue weighted by atomic mass is 32.1. The van der Waals surface area contributed by atoms with Gasteiger partial charge in [-0.15, -0.1) is 11.3 Å². The zero-order valence-electron chi connectivity index (χ0n) is 19.0. The quantitative estimate of drug-likeness (QED) is 0.383. The van der Waals surface area contributed by atoms with Gasteiger partial charge in [0.2, 0.25) is 5.78 Å². The average Bonchev–Trinajstić information content (AvgIpc) is 3.48. The minimum atomic E-state index is -0.775. The van der Waals surface area contributed by atoms with Crippen molar-refractivity contribution in [1.82, 2.24) is 14.9 Å². The third-order valence-corrected chi connectivity index (χ3v) is 7.18. The molecule has 0 aliphatic carbocycles. The first-order valence-corrected chi connectivity index (χ1v) is 11.6. The first-order valence-electron chi connectivity index (χ1n) is 10.8. The highest BCUT2D eigenvalue weighted by Gasteiger charge is 2.45. The minimum absolute atomic E-state index is 0.0661. The molecule has 34 heavy (non-hydrogen) atoms. The van der Waals surface area contributed by atoms with Crippen molar-refractivity contribution in [2.45, 2.75) is 26.4 Å². The molecule has 8 heteroatoms. The van der Waals surface area contributed by atoms with E-state index in [1.807, 2.05) is 55.5 Å². The van der Waals surface area contributed by atoms with Gasteiger partial charge < -0.3 is 19.7 Å². The molecule has 0 fully saturated rings. The second-order valence-electron chi connectivity index (χ2n) is 8.18. The summed E-state index contributed by atoms with van der Waals surface area (Å²) in [5, 5.41) is 12.6. The molecule has 1 unspecified atom stereocenters. The van der Waals surface area contributed by atoms with Gasteiger partial charge in [-0.05, 0) is 26.0 Å². The van der Waals surface area contributed by atoms with Crippen LogP contribution in [0.4, 0.5) is 0 Å². The number of aliphatic hydroxyl groups is 1. The number of nitrogens with zero attached hydrogens (tertiary/aromatic N) is 2. The summed E-state index contributed by atoms with van der Waals surface area (Å²) >= 11 is 1.26. The van der Waals surface area contributed by atoms with E-state index < -0.39 is 17.7 Å². The zero-order valence-corrected chi connectivity index (χ0v) is 19.8. The van der Waals surface area contributed by atoms with Gasteiger partial charge in [0.1, 0.15) is 5.75 Å². The van der Waals surface area contributed by atoms with Crippen LogP contribution in [0.25, 0.3) is 10.9 Å². The molecule has 2 aromatic heterocycles. The fourth-order valence-electron chi connectivity index (χ4n) is 4.57. The number of benzene rings is 2. The zero-order chi connectivity index (χ0) is 24.0. The number of nitrogens with one attached hydrogen (secondary N) is 1. The van der Waals surface area contributed by atoms with Crippen molar-refractivity contribution < 1.29 is 19.4 Å². The van der Waals surface area contributed by atoms with Crippen LogP contribution in [0.2, 0.25) is 0 Å². The smallest absolute Gasteiger partial charge is 0.290 e. The summed E-state index contributed by atoms with van der Waals surface area (Å²) in [6.07, 6.45) is 1.80. The number of rotatable bonds is 6. The van der Waals surface area contributed by atoms with Crippen LogP contribution in [0.1, 0.15) is 37.5 Å². The Bertz CT molecular complexity index is 1470. The number of ketones is 1. The molecule has 0 saturated heterocycles. The van der Waals surface area contributed by atoms with Gasteiger partial charge in [0.05, 0.1) is 40.8 Å². The number of thiazole rings is 1. The summed E-state index contributed by atoms with van der Waals surface area (Å²) < 4.78 is 5.48. The topological polar surface area (TPSA) is 95.5 Å². The Balaban J connectivity index is 1.67. The van der Waals surface area contributed by atoms with Gasteiger partial charge in [0, 0.05) is 28.2 Å². The summed E-state index contributed by atoms with van der Waals surface area (Å²) in [5.41, 5.74) is 3.04. The number of hydrogen-bond donors (Lipinski definition) is 2. The van der Waals surface area contributed by atoms with Crippen LogP contribution >= 0.6 is 11.3 Å². The van der Waals surface area contributed by atoms with Gasteiger partial charge in [0.15, 0.2) is 5.76 Å². The van der Waals surface area contributed by atoms with Crippen molar-refractivity contribution in [1.29, 1.82) is 0 Å². The summed E-state index contributed by atoms with van der Waals surface area (Å²) in [4.78, 5) is 36.7. The van der Waals surface area contributed by atoms with Crippen LogP contribution in [-0.4, -0.2) is 38.8 Å². The molecule has 3 heterocycles. The lowest BCUT2D eigenvalue weighted by Gasteiger charge is -2.27. The lowest BCUT2D eigenvalue weighted by molar-refractivity contribution is -0.130. The normalized spacial score (nSPS) is 16.0. The lowest BCUT2D eigenvalue weighted by atomic mass is 9.94. The van der Waals surface area contributed by atoms with Crippen LogP contribution < -0.4 is 4.74 Å². The maximum atomic E-state index is 13.7. The van der Waals surface area contributed by atoms with E-state index in [0.29, 0.717) is 16.3 Å². The van der Waals surface area contributed by atoms with Crippen molar-refractivity contribution in [2.75, 3.05) is 7.11 Å². The van der Waals surface area contributed by atoms with Crippen LogP contribution in [0.3, 0.4) is 0 Å². The number of aromatic nitrogens is 2. The summed E-state index contributed by atoms with van der Waals surface area (Å²) in [6, 6.07) is 14.3. The first kappa shape index (κ1) is 21.9. The predicted molar refractivity (Wildman–Crippen MR) is 130 cm³/mol. The molecule has 2 N–H and O–H groups in total. The maximum absolute atomic E-state index is 13.7. The van der Waals surface area contributed by atoms with Crippen LogP contribution in [0.15, 0.2) is 66.1 Å². The van der Waals surface area contributed by atoms with E-state index in [1.54, 1.807) is 20.2 Å². The number of carbonyl (C=O) groups is 2. The molecule has 1 atom stereocenters. The largest absolute Gasteiger partial charge is 0.503 e. The Morgan fingerprint density at radius 3 is 2.65 bits per heavy atom. The molecule has 2 aromatic carbocycles. The highest BCUT2D eigenvalue weighted by Crippen LogP contribution is 2.43. The van der Waals surface area contributed by atoms with E-state index in [2.05, 4.69) is 9.97 Å². The molecular formula is C26H23N3O4S. The predicted octanol–water partition coefficient (Wildman–Crippen LogP) is 5.03. The van der Waals surface area contributed by atoms with Crippen molar-refractivity contribution in [3.8, 4) is 5.75 Å². The van der Waals surface area contributed by atoms with E-state index in [-0.39, 0.29) is 17.9 Å². The van der Waals surface area contributed by atoms with Gasteiger partial charge in [-0.2, -0.15) is 0 Å². The number of ether oxygens (including phenoxy) is 1. The Morgan fingerprint density at radius 2 is 1.91 bits per heavy atom. The molecule has 5 rings (SSSR count). The number of amides is 1. The number of hydrogen-bond acceptors (Lipinski definition) is 6. The van der Waals surface area contributed by atoms with Gasteiger partial charge in [-0.25, -0.2) is 4.98 Å². The Hall–Kier alpha value is -3.91. The van der Waals surface area contributed by atoms with Gasteiger partial charge in [-0.1, -0.05) is 36.4 Å². The molecule has 0 spiro atoms. The number of aliphatic hydroxyl groups excluding tert-OH is 1. The second-order valence-corrected chi connectivity index (χ2v) is 9.38. The molecule has 1 amide bonds. The monoisotopic (exact) mass is 473 g/mol. The van der Waals surface area contributed by atoms with Gasteiger partial charge >= 0.3 is 0 Å². The SMILES string of the molecule is COc1ccccc1CN1C(=O)C(O)=C(C(=O)c2sc(C)nc2C)C1c1c[nH]c2ccccc12. The molecule has 0 radical (unpaired) electrons. The van der Waals surface area contributed by atoms with E-state index in [1.165, 1.54) is 16.2 Å². The standard InChI is InChI=1S/C26H23N3O4S/c1-14-25(34-15(2)28-14)23(30)21-22(18-12-27-19-10-6-5-9-17(18)19)29(26(32)24(21)31)13-16-8-4-7-11-20(16)33-3/h4-12,22,27,31H,13H2,1-3H3. The number of Topliss-reactive ketones (excluding diaryl/α,β-unsaturated/α-hetero) is 1. The van der Waals surface area contributed by atoms with Crippen LogP contribution in [-0.2, 0) is 11.3 Å². The van der Waals surface area contributed by atoms with Gasteiger partial charge in [-0.3, -0.25) is 9.59 Å². The molecular weight excluding hydrogens is 450 g/mol. The van der Waals surface area contributed by atoms with E-state index in [0.717, 1.165) is 27.0 Å². The van der Waals surface area contributed by atoms with Gasteiger partial charge in [0.25, 0.3) is 5.91 Å². The number of carbonyl (C=O) groups excluding carboxylic acids is 2. The van der Waals surface area contributed by atoms with E-state index in [9.17, 15) is 14.7 Å². The highest BCUT2D eigenvalue weighted by molar-refractivity contribution is 7.14. The third kappa shape index (κ3) is 3.47. The summed E-state index contributed by atoms with van der Waals surface area (Å²) in [6.45, 7) is 3.75. The molecule has 0 saturated carbocycles. The van der Waals surface area contributed by atoms with E-state index in [4.69, 9.17) is 4.74 Å². The molecule has 0 bridgehead atoms. The van der Waals surface area contributed by atoms with Crippen molar-refractivity contribution >= 4 is 33.9 Å².